The molecule has 4 heteroatoms. The van der Waals surface area contributed by atoms with Gasteiger partial charge in [0.1, 0.15) is 0 Å². The van der Waals surface area contributed by atoms with Crippen molar-refractivity contribution < 1.29 is 14.6 Å². The highest BCUT2D eigenvalue weighted by molar-refractivity contribution is 5.70. The third kappa shape index (κ3) is 4.65. The third-order valence-corrected chi connectivity index (χ3v) is 3.55. The molecule has 0 spiro atoms. The van der Waals surface area contributed by atoms with Crippen molar-refractivity contribution in [3.8, 4) is 0 Å². The van der Waals surface area contributed by atoms with E-state index in [-0.39, 0.29) is 6.42 Å². The number of carboxylic acid groups (broad SMARTS) is 1. The molecule has 1 fully saturated rings. The highest BCUT2D eigenvalue weighted by Crippen LogP contribution is 2.14. The van der Waals surface area contributed by atoms with E-state index in [1.54, 1.807) is 0 Å². The Morgan fingerprint density at radius 3 is 2.63 bits per heavy atom. The van der Waals surface area contributed by atoms with Crippen LogP contribution in [0, 0.1) is 5.92 Å². The molecule has 0 unspecified atom stereocenters. The molecule has 2 rings (SSSR count). The van der Waals surface area contributed by atoms with Gasteiger partial charge in [0.25, 0.3) is 0 Å². The maximum atomic E-state index is 10.8. The number of benzene rings is 1. The Morgan fingerprint density at radius 1 is 1.26 bits per heavy atom. The van der Waals surface area contributed by atoms with Crippen LogP contribution in [0.25, 0.3) is 0 Å². The van der Waals surface area contributed by atoms with Crippen molar-refractivity contribution in [1.29, 1.82) is 0 Å². The molecular formula is C15H21NO3. The van der Waals surface area contributed by atoms with Crippen molar-refractivity contribution in [2.45, 2.75) is 25.8 Å². The molecule has 1 aromatic carbocycles. The zero-order valence-electron chi connectivity index (χ0n) is 11.1. The lowest BCUT2D eigenvalue weighted by Gasteiger charge is -2.22. The van der Waals surface area contributed by atoms with Crippen LogP contribution in [0.1, 0.15) is 24.0 Å². The molecule has 0 radical (unpaired) electrons. The van der Waals surface area contributed by atoms with Gasteiger partial charge in [-0.05, 0) is 36.4 Å². The Bertz CT molecular complexity index is 414. The molecule has 1 saturated heterocycles. The minimum atomic E-state index is -0.781. The lowest BCUT2D eigenvalue weighted by Crippen LogP contribution is -2.27. The van der Waals surface area contributed by atoms with E-state index in [0.717, 1.165) is 50.3 Å². The third-order valence-electron chi connectivity index (χ3n) is 3.55. The van der Waals surface area contributed by atoms with Gasteiger partial charge in [0.05, 0.1) is 6.42 Å². The van der Waals surface area contributed by atoms with E-state index in [4.69, 9.17) is 9.84 Å². The fraction of sp³-hybridized carbons (Fsp3) is 0.533. The van der Waals surface area contributed by atoms with Gasteiger partial charge in [-0.3, -0.25) is 4.79 Å². The van der Waals surface area contributed by atoms with Crippen molar-refractivity contribution in [3.63, 3.8) is 0 Å². The van der Waals surface area contributed by atoms with Crippen molar-refractivity contribution in [1.82, 2.24) is 5.32 Å². The second-order valence-corrected chi connectivity index (χ2v) is 5.03. The first-order chi connectivity index (χ1) is 9.25. The molecule has 0 bridgehead atoms. The number of ether oxygens (including phenoxy) is 1. The van der Waals surface area contributed by atoms with Crippen LogP contribution in [0.2, 0.25) is 0 Å². The summed E-state index contributed by atoms with van der Waals surface area (Å²) in [4.78, 5) is 10.8. The molecular weight excluding hydrogens is 242 g/mol. The van der Waals surface area contributed by atoms with Crippen molar-refractivity contribution in [3.05, 3.63) is 35.4 Å². The number of carbonyl (C=O) groups is 1. The van der Waals surface area contributed by atoms with Gasteiger partial charge in [-0.2, -0.15) is 0 Å². The lowest BCUT2D eigenvalue weighted by molar-refractivity contribution is -0.136. The van der Waals surface area contributed by atoms with Gasteiger partial charge in [0.15, 0.2) is 0 Å². The number of rotatable bonds is 6. The van der Waals surface area contributed by atoms with Crippen LogP contribution >= 0.6 is 0 Å². The highest BCUT2D eigenvalue weighted by atomic mass is 16.5. The molecule has 1 aliphatic rings. The molecule has 19 heavy (non-hydrogen) atoms. The Hall–Kier alpha value is -1.39. The van der Waals surface area contributed by atoms with Gasteiger partial charge in [-0.25, -0.2) is 0 Å². The zero-order valence-corrected chi connectivity index (χ0v) is 11.1. The molecule has 104 valence electrons. The molecule has 0 aliphatic carbocycles. The van der Waals surface area contributed by atoms with Gasteiger partial charge >= 0.3 is 5.97 Å². The number of hydrogen-bond acceptors (Lipinski definition) is 3. The number of hydrogen-bond donors (Lipinski definition) is 2. The van der Waals surface area contributed by atoms with Crippen LogP contribution < -0.4 is 5.32 Å². The Kier molecular flexibility index (Phi) is 5.36. The minimum Gasteiger partial charge on any atom is -0.481 e. The summed E-state index contributed by atoms with van der Waals surface area (Å²) in [6, 6.07) is 7.73. The SMILES string of the molecule is O=C(O)Cc1ccccc1CNCC1CCOCC1. The first-order valence-corrected chi connectivity index (χ1v) is 6.82. The first kappa shape index (κ1) is 14.0. The van der Waals surface area contributed by atoms with Crippen LogP contribution in [0.5, 0.6) is 0 Å². The Balaban J connectivity index is 1.83. The second kappa shape index (κ2) is 7.26. The predicted octanol–water partition coefficient (Wildman–Crippen LogP) is 1.83. The van der Waals surface area contributed by atoms with E-state index in [0.29, 0.717) is 5.92 Å². The van der Waals surface area contributed by atoms with E-state index >= 15 is 0 Å². The zero-order chi connectivity index (χ0) is 13.5. The summed E-state index contributed by atoms with van der Waals surface area (Å²) in [5.41, 5.74) is 1.98. The molecule has 0 saturated carbocycles. The van der Waals surface area contributed by atoms with Crippen molar-refractivity contribution in [2.24, 2.45) is 5.92 Å². The minimum absolute atomic E-state index is 0.0924. The summed E-state index contributed by atoms with van der Waals surface area (Å²) in [6.45, 7) is 3.44. The maximum absolute atomic E-state index is 10.8. The molecule has 1 heterocycles. The number of aliphatic carboxylic acids is 1. The second-order valence-electron chi connectivity index (χ2n) is 5.03. The fourth-order valence-electron chi connectivity index (χ4n) is 2.43. The molecule has 0 aromatic heterocycles. The van der Waals surface area contributed by atoms with Gasteiger partial charge in [0.2, 0.25) is 0 Å². The van der Waals surface area contributed by atoms with Gasteiger partial charge in [0, 0.05) is 19.8 Å². The maximum Gasteiger partial charge on any atom is 0.307 e. The summed E-state index contributed by atoms with van der Waals surface area (Å²) in [7, 11) is 0. The standard InChI is InChI=1S/C15H21NO3/c17-15(18)9-13-3-1-2-4-14(13)11-16-10-12-5-7-19-8-6-12/h1-4,12,16H,5-11H2,(H,17,18). The van der Waals surface area contributed by atoms with Crippen LogP contribution in [0.3, 0.4) is 0 Å². The van der Waals surface area contributed by atoms with Crippen molar-refractivity contribution in [2.75, 3.05) is 19.8 Å². The van der Waals surface area contributed by atoms with Gasteiger partial charge in [-0.15, -0.1) is 0 Å². The van der Waals surface area contributed by atoms with E-state index in [1.807, 2.05) is 24.3 Å². The smallest absolute Gasteiger partial charge is 0.307 e. The topological polar surface area (TPSA) is 58.6 Å². The summed E-state index contributed by atoms with van der Waals surface area (Å²) >= 11 is 0. The van der Waals surface area contributed by atoms with Crippen LogP contribution in [-0.4, -0.2) is 30.8 Å². The largest absolute Gasteiger partial charge is 0.481 e. The molecule has 0 atom stereocenters. The quantitative estimate of drug-likeness (QED) is 0.822. The monoisotopic (exact) mass is 263 g/mol. The molecule has 1 aliphatic heterocycles. The Morgan fingerprint density at radius 2 is 1.95 bits per heavy atom. The van der Waals surface area contributed by atoms with Crippen LogP contribution in [-0.2, 0) is 22.5 Å². The average molecular weight is 263 g/mol. The van der Waals surface area contributed by atoms with E-state index in [9.17, 15) is 4.79 Å². The van der Waals surface area contributed by atoms with Crippen molar-refractivity contribution >= 4 is 5.97 Å². The molecule has 1 aromatic rings. The van der Waals surface area contributed by atoms with Gasteiger partial charge in [-0.1, -0.05) is 24.3 Å². The number of carboxylic acids is 1. The molecule has 0 amide bonds. The van der Waals surface area contributed by atoms with Gasteiger partial charge < -0.3 is 15.2 Å². The summed E-state index contributed by atoms with van der Waals surface area (Å²) < 4.78 is 5.33. The van der Waals surface area contributed by atoms with E-state index < -0.39 is 5.97 Å². The van der Waals surface area contributed by atoms with E-state index in [1.165, 1.54) is 0 Å². The van der Waals surface area contributed by atoms with E-state index in [2.05, 4.69) is 5.32 Å². The fourth-order valence-corrected chi connectivity index (χ4v) is 2.43. The summed E-state index contributed by atoms with van der Waals surface area (Å²) in [5, 5.41) is 12.3. The highest BCUT2D eigenvalue weighted by Gasteiger charge is 2.13. The van der Waals surface area contributed by atoms with Crippen LogP contribution in [0.4, 0.5) is 0 Å². The summed E-state index contributed by atoms with van der Waals surface area (Å²) in [6.07, 6.45) is 2.32. The lowest BCUT2D eigenvalue weighted by atomic mass is 10.00. The summed E-state index contributed by atoms with van der Waals surface area (Å²) in [5.74, 6) is -0.0998. The number of nitrogens with one attached hydrogen (secondary N) is 1. The van der Waals surface area contributed by atoms with Crippen LogP contribution in [0.15, 0.2) is 24.3 Å². The first-order valence-electron chi connectivity index (χ1n) is 6.82. The predicted molar refractivity (Wildman–Crippen MR) is 73.0 cm³/mol. The average Bonchev–Trinajstić information content (AvgIpc) is 2.41. The Labute approximate surface area is 113 Å². The molecule has 4 nitrogen and oxygen atoms in total. The molecule has 2 N–H and O–H groups in total. The normalized spacial score (nSPS) is 16.4.